The van der Waals surface area contributed by atoms with Gasteiger partial charge >= 0.3 is 0 Å². The van der Waals surface area contributed by atoms with Gasteiger partial charge in [-0.25, -0.2) is 0 Å². The van der Waals surface area contributed by atoms with Gasteiger partial charge < -0.3 is 5.32 Å². The summed E-state index contributed by atoms with van der Waals surface area (Å²) < 4.78 is 1.70. The van der Waals surface area contributed by atoms with Crippen molar-refractivity contribution in [2.24, 2.45) is 0 Å². The Hall–Kier alpha value is -2.67. The van der Waals surface area contributed by atoms with Gasteiger partial charge in [0.15, 0.2) is 0 Å². The summed E-state index contributed by atoms with van der Waals surface area (Å²) in [5, 5.41) is 15.5. The number of nitrogens with one attached hydrogen (secondary N) is 1. The van der Waals surface area contributed by atoms with Crippen molar-refractivity contribution in [1.82, 2.24) is 25.5 Å². The topological polar surface area (TPSA) is 72.7 Å². The SMILES string of the molecule is Cc1cccc(C)c1-n1nnnc1SCC(=O)NC(C)c1ccccc1. The summed E-state index contributed by atoms with van der Waals surface area (Å²) in [4.78, 5) is 12.3. The van der Waals surface area contributed by atoms with Crippen LogP contribution in [-0.2, 0) is 4.79 Å². The number of rotatable bonds is 6. The highest BCUT2D eigenvalue weighted by Crippen LogP contribution is 2.23. The van der Waals surface area contributed by atoms with Gasteiger partial charge in [0.2, 0.25) is 11.1 Å². The molecule has 0 saturated heterocycles. The third-order valence-electron chi connectivity index (χ3n) is 4.10. The van der Waals surface area contributed by atoms with Gasteiger partial charge in [-0.15, -0.1) is 5.10 Å². The lowest BCUT2D eigenvalue weighted by atomic mass is 10.1. The molecule has 0 radical (unpaired) electrons. The molecule has 1 heterocycles. The van der Waals surface area contributed by atoms with Crippen molar-refractivity contribution in [3.8, 4) is 5.69 Å². The highest BCUT2D eigenvalue weighted by molar-refractivity contribution is 7.99. The van der Waals surface area contributed by atoms with Crippen molar-refractivity contribution < 1.29 is 4.79 Å². The fourth-order valence-corrected chi connectivity index (χ4v) is 3.48. The monoisotopic (exact) mass is 367 g/mol. The number of aromatic nitrogens is 4. The van der Waals surface area contributed by atoms with E-state index in [0.717, 1.165) is 22.4 Å². The maximum absolute atomic E-state index is 12.3. The molecule has 6 nitrogen and oxygen atoms in total. The minimum atomic E-state index is -0.0533. The Morgan fingerprint density at radius 1 is 1.12 bits per heavy atom. The van der Waals surface area contributed by atoms with E-state index in [1.54, 1.807) is 4.68 Å². The number of tetrazole rings is 1. The summed E-state index contributed by atoms with van der Waals surface area (Å²) in [7, 11) is 0. The summed E-state index contributed by atoms with van der Waals surface area (Å²) in [5.74, 6) is 0.199. The van der Waals surface area contributed by atoms with Crippen LogP contribution in [0.2, 0.25) is 0 Å². The van der Waals surface area contributed by atoms with Crippen molar-refractivity contribution in [2.75, 3.05) is 5.75 Å². The third-order valence-corrected chi connectivity index (χ3v) is 5.02. The standard InChI is InChI=1S/C19H21N5OS/c1-13-8-7-9-14(2)18(13)24-19(21-22-23-24)26-12-17(25)20-15(3)16-10-5-4-6-11-16/h4-11,15H,12H2,1-3H3,(H,20,25). The predicted molar refractivity (Wildman–Crippen MR) is 102 cm³/mol. The van der Waals surface area contributed by atoms with E-state index in [2.05, 4.69) is 20.8 Å². The summed E-state index contributed by atoms with van der Waals surface area (Å²) in [6.07, 6.45) is 0. The molecule has 1 N–H and O–H groups in total. The van der Waals surface area contributed by atoms with Crippen LogP contribution in [0.25, 0.3) is 5.69 Å². The first-order valence-corrected chi connectivity index (χ1v) is 9.37. The van der Waals surface area contributed by atoms with Gasteiger partial charge in [0.05, 0.1) is 17.5 Å². The van der Waals surface area contributed by atoms with Crippen molar-refractivity contribution in [1.29, 1.82) is 0 Å². The summed E-state index contributed by atoms with van der Waals surface area (Å²) in [6, 6.07) is 15.9. The average molecular weight is 367 g/mol. The van der Waals surface area contributed by atoms with Gasteiger partial charge in [-0.05, 0) is 47.9 Å². The number of para-hydroxylation sites is 1. The molecule has 1 aromatic heterocycles. The normalized spacial score (nSPS) is 12.0. The predicted octanol–water partition coefficient (Wildman–Crippen LogP) is 3.25. The van der Waals surface area contributed by atoms with Crippen molar-refractivity contribution >= 4 is 17.7 Å². The van der Waals surface area contributed by atoms with Crippen LogP contribution in [0.5, 0.6) is 0 Å². The van der Waals surface area contributed by atoms with Crippen LogP contribution >= 0.6 is 11.8 Å². The van der Waals surface area contributed by atoms with Gasteiger partial charge in [0.1, 0.15) is 0 Å². The molecule has 134 valence electrons. The Labute approximate surface area is 157 Å². The lowest BCUT2D eigenvalue weighted by Crippen LogP contribution is -2.28. The molecule has 0 spiro atoms. The lowest BCUT2D eigenvalue weighted by molar-refractivity contribution is -0.119. The number of nitrogens with zero attached hydrogens (tertiary/aromatic N) is 4. The van der Waals surface area contributed by atoms with Crippen LogP contribution < -0.4 is 5.32 Å². The van der Waals surface area contributed by atoms with E-state index in [1.165, 1.54) is 11.8 Å². The Kier molecular flexibility index (Phi) is 5.68. The molecular formula is C19H21N5OS. The van der Waals surface area contributed by atoms with Crippen molar-refractivity contribution in [3.63, 3.8) is 0 Å². The summed E-state index contributed by atoms with van der Waals surface area (Å²) in [5.41, 5.74) is 4.20. The molecule has 0 aliphatic rings. The molecule has 0 aliphatic carbocycles. The van der Waals surface area contributed by atoms with E-state index in [9.17, 15) is 4.79 Å². The molecule has 0 bridgehead atoms. The maximum atomic E-state index is 12.3. The Morgan fingerprint density at radius 2 is 1.81 bits per heavy atom. The van der Waals surface area contributed by atoms with Crippen LogP contribution in [0, 0.1) is 13.8 Å². The molecule has 3 aromatic rings. The molecular weight excluding hydrogens is 346 g/mol. The first-order valence-electron chi connectivity index (χ1n) is 8.38. The molecule has 2 aromatic carbocycles. The number of carbonyl (C=O) groups is 1. The van der Waals surface area contributed by atoms with E-state index in [0.29, 0.717) is 5.16 Å². The summed E-state index contributed by atoms with van der Waals surface area (Å²) >= 11 is 1.33. The van der Waals surface area contributed by atoms with E-state index in [-0.39, 0.29) is 17.7 Å². The van der Waals surface area contributed by atoms with Crippen LogP contribution in [0.1, 0.15) is 29.7 Å². The van der Waals surface area contributed by atoms with Crippen LogP contribution in [0.15, 0.2) is 53.7 Å². The molecule has 1 unspecified atom stereocenters. The van der Waals surface area contributed by atoms with Gasteiger partial charge in [0.25, 0.3) is 0 Å². The minimum Gasteiger partial charge on any atom is -0.349 e. The zero-order valence-corrected chi connectivity index (χ0v) is 15.8. The quantitative estimate of drug-likeness (QED) is 0.677. The second kappa shape index (κ2) is 8.14. The number of thioether (sulfide) groups is 1. The molecule has 26 heavy (non-hydrogen) atoms. The molecule has 0 fully saturated rings. The van der Waals surface area contributed by atoms with Crippen molar-refractivity contribution in [2.45, 2.75) is 32.0 Å². The minimum absolute atomic E-state index is 0.0427. The Morgan fingerprint density at radius 3 is 2.50 bits per heavy atom. The average Bonchev–Trinajstić information content (AvgIpc) is 3.09. The second-order valence-electron chi connectivity index (χ2n) is 6.10. The first kappa shape index (κ1) is 18.1. The molecule has 1 atom stereocenters. The van der Waals surface area contributed by atoms with Gasteiger partial charge in [0, 0.05) is 0 Å². The second-order valence-corrected chi connectivity index (χ2v) is 7.04. The number of carbonyl (C=O) groups excluding carboxylic acids is 1. The largest absolute Gasteiger partial charge is 0.349 e. The number of aryl methyl sites for hydroxylation is 2. The van der Waals surface area contributed by atoms with Gasteiger partial charge in [-0.1, -0.05) is 60.3 Å². The van der Waals surface area contributed by atoms with E-state index in [1.807, 2.05) is 69.3 Å². The smallest absolute Gasteiger partial charge is 0.230 e. The third kappa shape index (κ3) is 4.11. The fourth-order valence-electron chi connectivity index (χ4n) is 2.79. The van der Waals surface area contributed by atoms with Crippen LogP contribution in [0.4, 0.5) is 0 Å². The molecule has 1 amide bonds. The van der Waals surface area contributed by atoms with E-state index >= 15 is 0 Å². The van der Waals surface area contributed by atoms with E-state index < -0.39 is 0 Å². The van der Waals surface area contributed by atoms with Crippen molar-refractivity contribution in [3.05, 3.63) is 65.2 Å². The Balaban J connectivity index is 1.66. The number of hydrogen-bond acceptors (Lipinski definition) is 5. The number of amides is 1. The first-order chi connectivity index (χ1) is 12.6. The molecule has 0 aliphatic heterocycles. The number of benzene rings is 2. The fraction of sp³-hybridized carbons (Fsp3) is 0.263. The zero-order chi connectivity index (χ0) is 18.5. The molecule has 0 saturated carbocycles. The number of hydrogen-bond donors (Lipinski definition) is 1. The Bertz CT molecular complexity index is 874. The van der Waals surface area contributed by atoms with Gasteiger partial charge in [-0.3, -0.25) is 4.79 Å². The highest BCUT2D eigenvalue weighted by atomic mass is 32.2. The lowest BCUT2D eigenvalue weighted by Gasteiger charge is -2.14. The van der Waals surface area contributed by atoms with Crippen LogP contribution in [-0.4, -0.2) is 31.9 Å². The van der Waals surface area contributed by atoms with Gasteiger partial charge in [-0.2, -0.15) is 4.68 Å². The maximum Gasteiger partial charge on any atom is 0.230 e. The molecule has 3 rings (SSSR count). The van der Waals surface area contributed by atoms with Crippen LogP contribution in [0.3, 0.4) is 0 Å². The summed E-state index contributed by atoms with van der Waals surface area (Å²) in [6.45, 7) is 6.01. The molecule has 7 heteroatoms. The van der Waals surface area contributed by atoms with E-state index in [4.69, 9.17) is 0 Å². The highest BCUT2D eigenvalue weighted by Gasteiger charge is 2.16. The zero-order valence-electron chi connectivity index (χ0n) is 15.0.